The molecule has 10 nitrogen and oxygen atoms in total. The number of halogens is 3. The van der Waals surface area contributed by atoms with Crippen LogP contribution in [0.1, 0.15) is 37.7 Å². The Bertz CT molecular complexity index is 1160. The second kappa shape index (κ2) is 10.4. The third kappa shape index (κ3) is 5.54. The van der Waals surface area contributed by atoms with Crippen LogP contribution in [0.25, 0.3) is 0 Å². The van der Waals surface area contributed by atoms with Gasteiger partial charge in [-0.25, -0.2) is 14.8 Å². The number of carbonyl (C=O) groups is 3. The molecule has 1 saturated carbocycles. The summed E-state index contributed by atoms with van der Waals surface area (Å²) in [5.74, 6) is -2.63. The Kier molecular flexibility index (Phi) is 7.42. The Balaban J connectivity index is 1.59. The van der Waals surface area contributed by atoms with Crippen molar-refractivity contribution in [3.8, 4) is 0 Å². The average Bonchev–Trinajstić information content (AvgIpc) is 3.29. The molecule has 1 aliphatic heterocycles. The highest BCUT2D eigenvalue weighted by molar-refractivity contribution is 6.12. The van der Waals surface area contributed by atoms with Crippen molar-refractivity contribution in [1.82, 2.24) is 24.8 Å². The summed E-state index contributed by atoms with van der Waals surface area (Å²) in [5, 5.41) is 2.04. The van der Waals surface area contributed by atoms with E-state index in [0.29, 0.717) is 36.1 Å². The molecule has 37 heavy (non-hydrogen) atoms. The summed E-state index contributed by atoms with van der Waals surface area (Å²) < 4.78 is 43.4. The van der Waals surface area contributed by atoms with Crippen molar-refractivity contribution in [3.05, 3.63) is 36.4 Å². The van der Waals surface area contributed by atoms with E-state index in [1.807, 2.05) is 5.32 Å². The number of pyridine rings is 1. The molecule has 2 aromatic heterocycles. The van der Waals surface area contributed by atoms with Crippen molar-refractivity contribution >= 4 is 29.5 Å². The van der Waals surface area contributed by atoms with E-state index in [1.54, 1.807) is 29.9 Å². The lowest BCUT2D eigenvalue weighted by molar-refractivity contribution is -0.170. The zero-order valence-corrected chi connectivity index (χ0v) is 20.6. The van der Waals surface area contributed by atoms with Crippen molar-refractivity contribution < 1.29 is 27.6 Å². The molecule has 4 amide bonds. The maximum absolute atomic E-state index is 13.9. The summed E-state index contributed by atoms with van der Waals surface area (Å²) in [4.78, 5) is 49.6. The quantitative estimate of drug-likeness (QED) is 0.563. The molecule has 0 bridgehead atoms. The Hall–Kier alpha value is -3.64. The number of alkyl halides is 3. The van der Waals surface area contributed by atoms with Crippen molar-refractivity contribution in [1.29, 1.82) is 0 Å². The van der Waals surface area contributed by atoms with E-state index >= 15 is 0 Å². The number of likely N-dealkylation sites (N-methyl/N-ethyl adjacent to an activating group) is 1. The number of aryl methyl sites for hydroxylation is 1. The number of rotatable bonds is 6. The van der Waals surface area contributed by atoms with E-state index in [0.717, 1.165) is 6.42 Å². The van der Waals surface area contributed by atoms with Crippen molar-refractivity contribution in [2.45, 2.75) is 56.8 Å². The predicted molar refractivity (Wildman–Crippen MR) is 128 cm³/mol. The molecule has 200 valence electrons. The molecule has 0 radical (unpaired) electrons. The number of β-lactam (4-membered cyclic amide) rings is 1. The number of nitrogens with zero attached hydrogens (tertiary/aromatic N) is 5. The second-order valence-electron chi connectivity index (χ2n) is 9.71. The number of imidazole rings is 1. The molecule has 2 aromatic rings. The van der Waals surface area contributed by atoms with Crippen molar-refractivity contribution in [2.24, 2.45) is 18.9 Å². The zero-order chi connectivity index (χ0) is 26.9. The van der Waals surface area contributed by atoms with Crippen LogP contribution in [0.4, 0.5) is 29.6 Å². The topological polar surface area (TPSA) is 126 Å². The van der Waals surface area contributed by atoms with E-state index in [-0.39, 0.29) is 18.1 Å². The lowest BCUT2D eigenvalue weighted by atomic mass is 9.81. The number of anilines is 2. The first-order valence-electron chi connectivity index (χ1n) is 12.1. The molecule has 3 atom stereocenters. The van der Waals surface area contributed by atoms with Gasteiger partial charge >= 0.3 is 12.2 Å². The minimum atomic E-state index is -4.69. The fourth-order valence-electron chi connectivity index (χ4n) is 5.15. The third-order valence-corrected chi connectivity index (χ3v) is 7.11. The van der Waals surface area contributed by atoms with E-state index in [4.69, 9.17) is 5.73 Å². The molecule has 1 unspecified atom stereocenters. The smallest absolute Gasteiger partial charge is 0.384 e. The number of aromatic nitrogens is 3. The molecule has 1 saturated heterocycles. The summed E-state index contributed by atoms with van der Waals surface area (Å²) in [6.45, 7) is 0. The number of nitrogen functional groups attached to an aromatic ring is 1. The molecule has 2 fully saturated rings. The van der Waals surface area contributed by atoms with Gasteiger partial charge < -0.3 is 15.6 Å². The van der Waals surface area contributed by atoms with Crippen LogP contribution in [0, 0.1) is 11.8 Å². The number of amides is 4. The van der Waals surface area contributed by atoms with Gasteiger partial charge in [-0.05, 0) is 42.9 Å². The maximum Gasteiger partial charge on any atom is 0.408 e. The summed E-state index contributed by atoms with van der Waals surface area (Å²) in [7, 11) is 3.15. The van der Waals surface area contributed by atoms with Gasteiger partial charge in [0.15, 0.2) is 5.82 Å². The standard InChI is InChI=1S/C24H30F3N7O3/c1-32-12-18(30-13-32)33(2)22(36)19-16(10-14-8-9-29-17(28)11-14)21(35)34(19)23(37)31-20(24(25,26)27)15-6-4-3-5-7-15/h8-9,11-13,15-16,19-20H,3-7,10H2,1-2H3,(H2,28,29)(H,31,37)/t16-,19+,20?/m1/s1. The molecule has 0 spiro atoms. The summed E-state index contributed by atoms with van der Waals surface area (Å²) in [6.07, 6.45) is 2.66. The summed E-state index contributed by atoms with van der Waals surface area (Å²) in [5.41, 5.74) is 6.34. The van der Waals surface area contributed by atoms with Gasteiger partial charge in [0, 0.05) is 26.5 Å². The summed E-state index contributed by atoms with van der Waals surface area (Å²) >= 11 is 0. The lowest BCUT2D eigenvalue weighted by Gasteiger charge is -2.46. The molecular weight excluding hydrogens is 491 g/mol. The molecule has 3 N–H and O–H groups in total. The number of urea groups is 1. The number of nitrogens with two attached hydrogens (primary N) is 1. The largest absolute Gasteiger partial charge is 0.408 e. The first-order chi connectivity index (χ1) is 17.5. The molecule has 0 aromatic carbocycles. The third-order valence-electron chi connectivity index (χ3n) is 7.11. The highest BCUT2D eigenvalue weighted by Gasteiger charge is 2.57. The van der Waals surface area contributed by atoms with E-state index in [2.05, 4.69) is 9.97 Å². The predicted octanol–water partition coefficient (Wildman–Crippen LogP) is 2.65. The number of hydrogen-bond acceptors (Lipinski definition) is 6. The van der Waals surface area contributed by atoms with Crippen molar-refractivity contribution in [2.75, 3.05) is 17.7 Å². The number of imide groups is 1. The Morgan fingerprint density at radius 3 is 2.54 bits per heavy atom. The Morgan fingerprint density at radius 1 is 1.24 bits per heavy atom. The molecule has 1 aliphatic carbocycles. The lowest BCUT2D eigenvalue weighted by Crippen LogP contribution is -2.71. The monoisotopic (exact) mass is 521 g/mol. The SMILES string of the molecule is CN(C(=O)[C@@H]1[C@@H](Cc2ccnc(N)c2)C(=O)N1C(=O)NC(C1CCCCC1)C(F)(F)F)c1cn(C)cn1. The number of nitrogens with one attached hydrogen (secondary N) is 1. The summed E-state index contributed by atoms with van der Waals surface area (Å²) in [6, 6.07) is -1.47. The Morgan fingerprint density at radius 2 is 1.95 bits per heavy atom. The fourth-order valence-corrected chi connectivity index (χ4v) is 5.15. The zero-order valence-electron chi connectivity index (χ0n) is 20.6. The van der Waals surface area contributed by atoms with Crippen LogP contribution in [-0.4, -0.2) is 62.6 Å². The van der Waals surface area contributed by atoms with Crippen LogP contribution in [0.5, 0.6) is 0 Å². The van der Waals surface area contributed by atoms with Gasteiger partial charge in [0.2, 0.25) is 5.91 Å². The van der Waals surface area contributed by atoms with Crippen LogP contribution in [0.3, 0.4) is 0 Å². The van der Waals surface area contributed by atoms with E-state index in [1.165, 1.54) is 24.5 Å². The molecule has 4 rings (SSSR count). The van der Waals surface area contributed by atoms with Crippen LogP contribution in [0.15, 0.2) is 30.9 Å². The molecular formula is C24H30F3N7O3. The Labute approximate surface area is 212 Å². The minimum Gasteiger partial charge on any atom is -0.384 e. The van der Waals surface area contributed by atoms with Gasteiger partial charge in [0.1, 0.15) is 17.9 Å². The molecule has 3 heterocycles. The van der Waals surface area contributed by atoms with Crippen LogP contribution in [-0.2, 0) is 23.1 Å². The number of likely N-dealkylation sites (tertiary alicyclic amines) is 1. The maximum atomic E-state index is 13.9. The van der Waals surface area contributed by atoms with Crippen molar-refractivity contribution in [3.63, 3.8) is 0 Å². The van der Waals surface area contributed by atoms with Gasteiger partial charge in [0.25, 0.3) is 5.91 Å². The highest BCUT2D eigenvalue weighted by Crippen LogP contribution is 2.37. The number of carbonyl (C=O) groups excluding carboxylic acids is 3. The van der Waals surface area contributed by atoms with E-state index in [9.17, 15) is 27.6 Å². The van der Waals surface area contributed by atoms with Crippen LogP contribution >= 0.6 is 0 Å². The van der Waals surface area contributed by atoms with Gasteiger partial charge in [-0.15, -0.1) is 0 Å². The van der Waals surface area contributed by atoms with E-state index < -0.39 is 47.9 Å². The number of hydrogen-bond donors (Lipinski definition) is 2. The molecule has 2 aliphatic rings. The second-order valence-corrected chi connectivity index (χ2v) is 9.71. The molecule has 13 heteroatoms. The fraction of sp³-hybridized carbons (Fsp3) is 0.542. The van der Waals surface area contributed by atoms with Crippen LogP contribution in [0.2, 0.25) is 0 Å². The first-order valence-corrected chi connectivity index (χ1v) is 12.1. The first kappa shape index (κ1) is 26.4. The minimum absolute atomic E-state index is 0.0626. The van der Waals surface area contributed by atoms with Gasteiger partial charge in [0.05, 0.1) is 12.2 Å². The normalized spacial score (nSPS) is 21.3. The van der Waals surface area contributed by atoms with Gasteiger partial charge in [-0.1, -0.05) is 19.3 Å². The average molecular weight is 522 g/mol. The van der Waals surface area contributed by atoms with Gasteiger partial charge in [-0.2, -0.15) is 13.2 Å². The van der Waals surface area contributed by atoms with Gasteiger partial charge in [-0.3, -0.25) is 19.4 Å². The highest BCUT2D eigenvalue weighted by atomic mass is 19.4. The van der Waals surface area contributed by atoms with Crippen LogP contribution < -0.4 is 16.0 Å².